The highest BCUT2D eigenvalue weighted by Crippen LogP contribution is 2.27. The summed E-state index contributed by atoms with van der Waals surface area (Å²) in [5.41, 5.74) is 3.52. The highest BCUT2D eigenvalue weighted by molar-refractivity contribution is 7.17. The Kier molecular flexibility index (Phi) is 5.34. The Morgan fingerprint density at radius 3 is 2.61 bits per heavy atom. The van der Waals surface area contributed by atoms with Crippen molar-refractivity contribution in [1.82, 2.24) is 20.3 Å². The Morgan fingerprint density at radius 2 is 1.86 bits per heavy atom. The lowest BCUT2D eigenvalue weighted by Crippen LogP contribution is -2.25. The van der Waals surface area contributed by atoms with Crippen LogP contribution in [0.15, 0.2) is 36.4 Å². The summed E-state index contributed by atoms with van der Waals surface area (Å²) in [6.45, 7) is 6.21. The molecule has 4 rings (SSSR count). The van der Waals surface area contributed by atoms with Gasteiger partial charge in [-0.3, -0.25) is 4.79 Å². The topological polar surface area (TPSA) is 71.0 Å². The first-order valence-corrected chi connectivity index (χ1v) is 10.3. The molecule has 3 heterocycles. The summed E-state index contributed by atoms with van der Waals surface area (Å²) in [6, 6.07) is 11.8. The van der Waals surface area contributed by atoms with Gasteiger partial charge in [-0.2, -0.15) is 0 Å². The van der Waals surface area contributed by atoms with Gasteiger partial charge in [0.1, 0.15) is 9.88 Å². The maximum atomic E-state index is 12.7. The molecule has 0 bridgehead atoms. The summed E-state index contributed by atoms with van der Waals surface area (Å²) >= 11 is 1.42. The molecule has 1 aliphatic rings. The highest BCUT2D eigenvalue weighted by atomic mass is 32.1. The third-order valence-electron chi connectivity index (χ3n) is 4.74. The molecule has 1 aromatic carbocycles. The van der Waals surface area contributed by atoms with Crippen LogP contribution >= 0.6 is 11.3 Å². The zero-order valence-corrected chi connectivity index (χ0v) is 16.9. The zero-order valence-electron chi connectivity index (χ0n) is 16.1. The molecular formula is C21H23N5OS. The van der Waals surface area contributed by atoms with Gasteiger partial charge in [0.05, 0.1) is 17.9 Å². The number of aromatic nitrogens is 3. The number of carbonyl (C=O) groups is 1. The SMILES string of the molecule is Cc1cc(CNC(=O)c2sc(-c3ccccc3)nc2C)nc(N2CCCC2)n1. The van der Waals surface area contributed by atoms with Gasteiger partial charge in [0.15, 0.2) is 0 Å². The maximum Gasteiger partial charge on any atom is 0.263 e. The van der Waals surface area contributed by atoms with Crippen LogP contribution in [0.2, 0.25) is 0 Å². The third-order valence-corrected chi connectivity index (χ3v) is 5.94. The molecule has 0 aliphatic carbocycles. The minimum Gasteiger partial charge on any atom is -0.346 e. The number of hydrogen-bond acceptors (Lipinski definition) is 6. The molecule has 7 heteroatoms. The molecule has 6 nitrogen and oxygen atoms in total. The number of thiazole rings is 1. The summed E-state index contributed by atoms with van der Waals surface area (Å²) in [5.74, 6) is 0.651. The standard InChI is InChI=1S/C21H23N5OS/c1-14-12-17(25-21(23-14)26-10-6-7-11-26)13-22-19(27)18-15(2)24-20(28-18)16-8-4-3-5-9-16/h3-5,8-9,12H,6-7,10-11,13H2,1-2H3,(H,22,27). The average molecular weight is 394 g/mol. The summed E-state index contributed by atoms with van der Waals surface area (Å²) in [5, 5.41) is 3.85. The number of benzene rings is 1. The minimum absolute atomic E-state index is 0.115. The second kappa shape index (κ2) is 8.06. The van der Waals surface area contributed by atoms with Gasteiger partial charge in [-0.15, -0.1) is 11.3 Å². The number of nitrogens with one attached hydrogen (secondary N) is 1. The van der Waals surface area contributed by atoms with Crippen molar-refractivity contribution >= 4 is 23.2 Å². The maximum absolute atomic E-state index is 12.7. The second-order valence-corrected chi connectivity index (χ2v) is 7.98. The van der Waals surface area contributed by atoms with E-state index in [4.69, 9.17) is 0 Å². The first-order chi connectivity index (χ1) is 13.6. The fourth-order valence-corrected chi connectivity index (χ4v) is 4.32. The molecule has 1 fully saturated rings. The number of rotatable bonds is 5. The molecule has 1 N–H and O–H groups in total. The van der Waals surface area contributed by atoms with E-state index in [1.807, 2.05) is 50.2 Å². The lowest BCUT2D eigenvalue weighted by Gasteiger charge is -2.16. The van der Waals surface area contributed by atoms with E-state index in [0.717, 1.165) is 46.7 Å². The number of anilines is 1. The van der Waals surface area contributed by atoms with Crippen LogP contribution in [0.3, 0.4) is 0 Å². The van der Waals surface area contributed by atoms with E-state index in [2.05, 4.69) is 25.2 Å². The van der Waals surface area contributed by atoms with Crippen LogP contribution in [-0.4, -0.2) is 33.9 Å². The van der Waals surface area contributed by atoms with Crippen molar-refractivity contribution in [3.63, 3.8) is 0 Å². The smallest absolute Gasteiger partial charge is 0.263 e. The molecular weight excluding hydrogens is 370 g/mol. The fourth-order valence-electron chi connectivity index (χ4n) is 3.33. The predicted octanol–water partition coefficient (Wildman–Crippen LogP) is 3.75. The monoisotopic (exact) mass is 393 g/mol. The van der Waals surface area contributed by atoms with Crippen LogP contribution in [0.1, 0.15) is 39.6 Å². The van der Waals surface area contributed by atoms with Gasteiger partial charge in [0, 0.05) is 24.3 Å². The Labute approximate surface area is 168 Å². The van der Waals surface area contributed by atoms with Crippen LogP contribution in [0.25, 0.3) is 10.6 Å². The van der Waals surface area contributed by atoms with E-state index in [1.54, 1.807) is 0 Å². The first-order valence-electron chi connectivity index (χ1n) is 9.51. The number of hydrogen-bond donors (Lipinski definition) is 1. The van der Waals surface area contributed by atoms with Gasteiger partial charge in [-0.25, -0.2) is 15.0 Å². The molecule has 0 atom stereocenters. The second-order valence-electron chi connectivity index (χ2n) is 6.98. The molecule has 0 unspecified atom stereocenters. The number of carbonyl (C=O) groups excluding carboxylic acids is 1. The Hall–Kier alpha value is -2.80. The summed E-state index contributed by atoms with van der Waals surface area (Å²) in [6.07, 6.45) is 2.36. The molecule has 2 aromatic heterocycles. The number of amides is 1. The minimum atomic E-state index is -0.115. The van der Waals surface area contributed by atoms with E-state index < -0.39 is 0 Å². The van der Waals surface area contributed by atoms with Crippen molar-refractivity contribution in [1.29, 1.82) is 0 Å². The van der Waals surface area contributed by atoms with Crippen molar-refractivity contribution in [3.05, 3.63) is 58.4 Å². The van der Waals surface area contributed by atoms with Gasteiger partial charge in [0.25, 0.3) is 5.91 Å². The lowest BCUT2D eigenvalue weighted by atomic mass is 10.2. The zero-order chi connectivity index (χ0) is 19.5. The van der Waals surface area contributed by atoms with Crippen molar-refractivity contribution in [2.75, 3.05) is 18.0 Å². The van der Waals surface area contributed by atoms with Crippen LogP contribution in [-0.2, 0) is 6.54 Å². The summed E-state index contributed by atoms with van der Waals surface area (Å²) in [7, 11) is 0. The molecule has 144 valence electrons. The van der Waals surface area contributed by atoms with Gasteiger partial charge in [-0.1, -0.05) is 30.3 Å². The molecule has 1 aliphatic heterocycles. The van der Waals surface area contributed by atoms with Crippen LogP contribution < -0.4 is 10.2 Å². The average Bonchev–Trinajstić information content (AvgIpc) is 3.36. The Balaban J connectivity index is 1.47. The van der Waals surface area contributed by atoms with E-state index in [9.17, 15) is 4.79 Å². The predicted molar refractivity (Wildman–Crippen MR) is 112 cm³/mol. The molecule has 28 heavy (non-hydrogen) atoms. The van der Waals surface area contributed by atoms with Gasteiger partial charge < -0.3 is 10.2 Å². The molecule has 3 aromatic rings. The molecule has 0 spiro atoms. The van der Waals surface area contributed by atoms with E-state index in [-0.39, 0.29) is 5.91 Å². The number of nitrogens with zero attached hydrogens (tertiary/aromatic N) is 4. The van der Waals surface area contributed by atoms with Crippen molar-refractivity contribution in [2.24, 2.45) is 0 Å². The molecule has 0 saturated carbocycles. The van der Waals surface area contributed by atoms with E-state index in [0.29, 0.717) is 11.4 Å². The van der Waals surface area contributed by atoms with Crippen LogP contribution in [0, 0.1) is 13.8 Å². The van der Waals surface area contributed by atoms with Crippen molar-refractivity contribution < 1.29 is 4.79 Å². The van der Waals surface area contributed by atoms with E-state index in [1.165, 1.54) is 24.2 Å². The largest absolute Gasteiger partial charge is 0.346 e. The molecule has 1 amide bonds. The van der Waals surface area contributed by atoms with Gasteiger partial charge in [0.2, 0.25) is 5.95 Å². The fraction of sp³-hybridized carbons (Fsp3) is 0.333. The van der Waals surface area contributed by atoms with Gasteiger partial charge >= 0.3 is 0 Å². The molecule has 0 radical (unpaired) electrons. The van der Waals surface area contributed by atoms with E-state index >= 15 is 0 Å². The molecule has 1 saturated heterocycles. The summed E-state index contributed by atoms with van der Waals surface area (Å²) < 4.78 is 0. The van der Waals surface area contributed by atoms with Crippen LogP contribution in [0.4, 0.5) is 5.95 Å². The van der Waals surface area contributed by atoms with Crippen LogP contribution in [0.5, 0.6) is 0 Å². The highest BCUT2D eigenvalue weighted by Gasteiger charge is 2.18. The van der Waals surface area contributed by atoms with Gasteiger partial charge in [-0.05, 0) is 32.8 Å². The van der Waals surface area contributed by atoms with Crippen molar-refractivity contribution in [2.45, 2.75) is 33.2 Å². The quantitative estimate of drug-likeness (QED) is 0.715. The number of aryl methyl sites for hydroxylation is 2. The normalized spacial score (nSPS) is 13.7. The Morgan fingerprint density at radius 1 is 1.11 bits per heavy atom. The Bertz CT molecular complexity index is 980. The summed E-state index contributed by atoms with van der Waals surface area (Å²) in [4.78, 5) is 29.3. The third kappa shape index (κ3) is 4.04. The van der Waals surface area contributed by atoms with Crippen molar-refractivity contribution in [3.8, 4) is 10.6 Å². The lowest BCUT2D eigenvalue weighted by molar-refractivity contribution is 0.0953. The first kappa shape index (κ1) is 18.6.